The van der Waals surface area contributed by atoms with E-state index >= 15 is 0 Å². The van der Waals surface area contributed by atoms with Gasteiger partial charge in [0.1, 0.15) is 0 Å². The Morgan fingerprint density at radius 2 is 1.76 bits per heavy atom. The fourth-order valence-electron chi connectivity index (χ4n) is 2.14. The number of nitrogens with zero attached hydrogens (tertiary/aromatic N) is 1. The van der Waals surface area contributed by atoms with Gasteiger partial charge in [-0.05, 0) is 26.3 Å². The van der Waals surface area contributed by atoms with Crippen LogP contribution < -0.4 is 5.32 Å². The van der Waals surface area contributed by atoms with Gasteiger partial charge in [-0.2, -0.15) is 0 Å². The normalized spacial score (nSPS) is 22.8. The molecule has 1 rings (SSSR count). The maximum atomic E-state index is 11.3. The summed E-state index contributed by atoms with van der Waals surface area (Å²) >= 11 is 0. The molecule has 0 radical (unpaired) electrons. The lowest BCUT2D eigenvalue weighted by atomic mass is 10.1. The van der Waals surface area contributed by atoms with Gasteiger partial charge in [-0.15, -0.1) is 0 Å². The fraction of sp³-hybridized carbons (Fsp3) is 1.00. The molecule has 1 heterocycles. The molecule has 0 spiro atoms. The highest BCUT2D eigenvalue weighted by molar-refractivity contribution is 7.91. The number of hydrogen-bond donors (Lipinski definition) is 1. The summed E-state index contributed by atoms with van der Waals surface area (Å²) in [6.45, 7) is 8.97. The van der Waals surface area contributed by atoms with E-state index in [1.54, 1.807) is 0 Å². The summed E-state index contributed by atoms with van der Waals surface area (Å²) in [5.74, 6) is 0.670. The van der Waals surface area contributed by atoms with Crippen molar-refractivity contribution in [3.05, 3.63) is 0 Å². The lowest BCUT2D eigenvalue weighted by Gasteiger charge is -2.32. The van der Waals surface area contributed by atoms with Gasteiger partial charge in [0.25, 0.3) is 0 Å². The first-order chi connectivity index (χ1) is 7.91. The smallest absolute Gasteiger partial charge is 0.152 e. The molecule has 1 unspecified atom stereocenters. The summed E-state index contributed by atoms with van der Waals surface area (Å²) in [6, 6.07) is 1.05. The van der Waals surface area contributed by atoms with Crippen molar-refractivity contribution in [3.8, 4) is 0 Å². The molecule has 0 saturated carbocycles. The van der Waals surface area contributed by atoms with Crippen LogP contribution in [-0.4, -0.2) is 56.5 Å². The van der Waals surface area contributed by atoms with E-state index in [4.69, 9.17) is 0 Å². The number of nitrogens with one attached hydrogen (secondary N) is 1. The van der Waals surface area contributed by atoms with Crippen LogP contribution in [0.15, 0.2) is 0 Å². The monoisotopic (exact) mass is 262 g/mol. The van der Waals surface area contributed by atoms with Crippen LogP contribution in [0, 0.1) is 0 Å². The Bertz CT molecular complexity index is 300. The van der Waals surface area contributed by atoms with Gasteiger partial charge in [0.05, 0.1) is 11.5 Å². The summed E-state index contributed by atoms with van der Waals surface area (Å²) in [6.07, 6.45) is 2.29. The van der Waals surface area contributed by atoms with E-state index in [0.717, 1.165) is 19.4 Å². The molecule has 1 saturated heterocycles. The van der Waals surface area contributed by atoms with Crippen LogP contribution in [0.4, 0.5) is 0 Å². The van der Waals surface area contributed by atoms with Gasteiger partial charge in [-0.25, -0.2) is 8.42 Å². The van der Waals surface area contributed by atoms with E-state index in [2.05, 4.69) is 31.0 Å². The highest BCUT2D eigenvalue weighted by Gasteiger charge is 2.24. The van der Waals surface area contributed by atoms with Crippen molar-refractivity contribution in [1.82, 2.24) is 10.2 Å². The van der Waals surface area contributed by atoms with Crippen LogP contribution in [0.1, 0.15) is 33.6 Å². The number of rotatable bonds is 6. The van der Waals surface area contributed by atoms with Gasteiger partial charge in [0.15, 0.2) is 9.84 Å². The first-order valence-corrected chi connectivity index (χ1v) is 8.41. The highest BCUT2D eigenvalue weighted by atomic mass is 32.2. The predicted octanol–water partition coefficient (Wildman–Crippen LogP) is 0.884. The average molecular weight is 262 g/mol. The summed E-state index contributed by atoms with van der Waals surface area (Å²) in [4.78, 5) is 2.30. The van der Waals surface area contributed by atoms with Crippen LogP contribution in [0.25, 0.3) is 0 Å². The largest absolute Gasteiger partial charge is 0.315 e. The molecule has 0 aliphatic carbocycles. The lowest BCUT2D eigenvalue weighted by Crippen LogP contribution is -2.45. The molecule has 1 fully saturated rings. The van der Waals surface area contributed by atoms with Crippen molar-refractivity contribution in [2.24, 2.45) is 0 Å². The Morgan fingerprint density at radius 3 is 2.29 bits per heavy atom. The summed E-state index contributed by atoms with van der Waals surface area (Å²) in [5, 5.41) is 3.40. The molecule has 0 aromatic heterocycles. The fourth-order valence-corrected chi connectivity index (χ4v) is 3.37. The van der Waals surface area contributed by atoms with E-state index in [1.165, 1.54) is 0 Å². The van der Waals surface area contributed by atoms with Gasteiger partial charge >= 0.3 is 0 Å². The van der Waals surface area contributed by atoms with Crippen LogP contribution >= 0.6 is 0 Å². The Morgan fingerprint density at radius 1 is 1.18 bits per heavy atom. The molecule has 4 nitrogen and oxygen atoms in total. The zero-order valence-corrected chi connectivity index (χ0v) is 12.1. The second kappa shape index (κ2) is 6.71. The van der Waals surface area contributed by atoms with E-state index in [0.29, 0.717) is 36.7 Å². The van der Waals surface area contributed by atoms with Crippen LogP contribution in [0.3, 0.4) is 0 Å². The molecule has 1 aliphatic rings. The van der Waals surface area contributed by atoms with Crippen LogP contribution in [0.2, 0.25) is 0 Å². The topological polar surface area (TPSA) is 49.4 Å². The van der Waals surface area contributed by atoms with Gasteiger partial charge < -0.3 is 5.32 Å². The van der Waals surface area contributed by atoms with Crippen molar-refractivity contribution < 1.29 is 8.42 Å². The Balaban J connectivity index is 2.18. The molecule has 5 heteroatoms. The third-order valence-corrected chi connectivity index (χ3v) is 4.96. The minimum atomic E-state index is -2.74. The SMILES string of the molecule is CC(C)NCCCC(C)N1CCS(=O)(=O)CC1. The first-order valence-electron chi connectivity index (χ1n) is 6.58. The standard InChI is InChI=1S/C12H26N2O2S/c1-11(2)13-6-4-5-12(3)14-7-9-17(15,16)10-8-14/h11-13H,4-10H2,1-3H3. The minimum Gasteiger partial charge on any atom is -0.315 e. The molecule has 17 heavy (non-hydrogen) atoms. The molecule has 1 atom stereocenters. The van der Waals surface area contributed by atoms with Crippen molar-refractivity contribution in [2.45, 2.75) is 45.7 Å². The summed E-state index contributed by atoms with van der Waals surface area (Å²) < 4.78 is 22.6. The molecule has 1 N–H and O–H groups in total. The van der Waals surface area contributed by atoms with E-state index < -0.39 is 9.84 Å². The quantitative estimate of drug-likeness (QED) is 0.722. The molecule has 0 aromatic carbocycles. The summed E-state index contributed by atoms with van der Waals surface area (Å²) in [5.41, 5.74) is 0. The zero-order valence-electron chi connectivity index (χ0n) is 11.3. The molecule has 0 amide bonds. The van der Waals surface area contributed by atoms with E-state index in [9.17, 15) is 8.42 Å². The van der Waals surface area contributed by atoms with Crippen molar-refractivity contribution in [1.29, 1.82) is 0 Å². The summed E-state index contributed by atoms with van der Waals surface area (Å²) in [7, 11) is -2.74. The lowest BCUT2D eigenvalue weighted by molar-refractivity contribution is 0.213. The Labute approximate surface area is 106 Å². The van der Waals surface area contributed by atoms with Gasteiger partial charge in [-0.3, -0.25) is 4.90 Å². The van der Waals surface area contributed by atoms with Gasteiger partial charge in [0.2, 0.25) is 0 Å². The Hall–Kier alpha value is -0.130. The zero-order chi connectivity index (χ0) is 12.9. The number of hydrogen-bond acceptors (Lipinski definition) is 4. The van der Waals surface area contributed by atoms with E-state index in [1.807, 2.05) is 0 Å². The first kappa shape index (κ1) is 14.9. The molecule has 102 valence electrons. The molecule has 0 bridgehead atoms. The van der Waals surface area contributed by atoms with Crippen LogP contribution in [-0.2, 0) is 9.84 Å². The van der Waals surface area contributed by atoms with Gasteiger partial charge in [-0.1, -0.05) is 13.8 Å². The number of sulfone groups is 1. The molecule has 0 aromatic rings. The molecule has 1 aliphatic heterocycles. The molecular weight excluding hydrogens is 236 g/mol. The molecular formula is C12H26N2O2S. The predicted molar refractivity (Wildman–Crippen MR) is 72.1 cm³/mol. The van der Waals surface area contributed by atoms with Gasteiger partial charge in [0, 0.05) is 25.2 Å². The minimum absolute atomic E-state index is 0.335. The third-order valence-electron chi connectivity index (χ3n) is 3.35. The van der Waals surface area contributed by atoms with Crippen molar-refractivity contribution in [3.63, 3.8) is 0 Å². The maximum absolute atomic E-state index is 11.3. The second-order valence-corrected chi connectivity index (χ2v) is 7.59. The van der Waals surface area contributed by atoms with Crippen molar-refractivity contribution in [2.75, 3.05) is 31.1 Å². The second-order valence-electron chi connectivity index (χ2n) is 5.29. The highest BCUT2D eigenvalue weighted by Crippen LogP contribution is 2.11. The van der Waals surface area contributed by atoms with Crippen molar-refractivity contribution >= 4 is 9.84 Å². The van der Waals surface area contributed by atoms with E-state index in [-0.39, 0.29) is 0 Å². The third kappa shape index (κ3) is 5.84. The average Bonchev–Trinajstić information content (AvgIpc) is 2.23. The Kier molecular flexibility index (Phi) is 5.89. The van der Waals surface area contributed by atoms with Crippen LogP contribution in [0.5, 0.6) is 0 Å². The maximum Gasteiger partial charge on any atom is 0.152 e.